The van der Waals surface area contributed by atoms with Crippen LogP contribution in [0.1, 0.15) is 38.5 Å². The minimum Gasteiger partial charge on any atom is -0.285 e. The third-order valence-electron chi connectivity index (χ3n) is 3.74. The molecule has 0 aromatic heterocycles. The molecule has 2 aliphatic rings. The highest BCUT2D eigenvalue weighted by Gasteiger charge is 2.44. The lowest BCUT2D eigenvalue weighted by Crippen LogP contribution is -2.51. The molecular formula is C11H16F2N2. The largest absolute Gasteiger partial charge is 0.285 e. The Balaban J connectivity index is 2.03. The normalized spacial score (nSPS) is 29.9. The SMILES string of the molecule is N#CC1(N2CCC(F)(F)CC2)CCCC1. The number of halogens is 2. The number of hydrogen-bond acceptors (Lipinski definition) is 2. The van der Waals surface area contributed by atoms with E-state index in [2.05, 4.69) is 6.07 Å². The van der Waals surface area contributed by atoms with Crippen molar-refractivity contribution < 1.29 is 8.78 Å². The van der Waals surface area contributed by atoms with Crippen molar-refractivity contribution in [2.24, 2.45) is 0 Å². The highest BCUT2D eigenvalue weighted by molar-refractivity contribution is 5.11. The fourth-order valence-electron chi connectivity index (χ4n) is 2.72. The molecule has 1 saturated heterocycles. The summed E-state index contributed by atoms with van der Waals surface area (Å²) in [6.07, 6.45) is 3.65. The van der Waals surface area contributed by atoms with E-state index in [0.29, 0.717) is 13.1 Å². The number of alkyl halides is 2. The molecule has 84 valence electrons. The third-order valence-corrected chi connectivity index (χ3v) is 3.74. The summed E-state index contributed by atoms with van der Waals surface area (Å²) in [5.74, 6) is -2.51. The van der Waals surface area contributed by atoms with Crippen LogP contribution in [0.25, 0.3) is 0 Å². The highest BCUT2D eigenvalue weighted by atomic mass is 19.3. The Morgan fingerprint density at radius 1 is 1.00 bits per heavy atom. The van der Waals surface area contributed by atoms with E-state index < -0.39 is 11.5 Å². The monoisotopic (exact) mass is 214 g/mol. The van der Waals surface area contributed by atoms with Gasteiger partial charge in [0.25, 0.3) is 5.92 Å². The average molecular weight is 214 g/mol. The fraction of sp³-hybridized carbons (Fsp3) is 0.909. The van der Waals surface area contributed by atoms with E-state index in [1.165, 1.54) is 0 Å². The van der Waals surface area contributed by atoms with Gasteiger partial charge in [-0.05, 0) is 12.8 Å². The molecule has 0 N–H and O–H groups in total. The zero-order valence-corrected chi connectivity index (χ0v) is 8.81. The van der Waals surface area contributed by atoms with Crippen LogP contribution in [0, 0.1) is 11.3 Å². The zero-order chi connectivity index (χ0) is 10.9. The quantitative estimate of drug-likeness (QED) is 0.670. The van der Waals surface area contributed by atoms with E-state index in [-0.39, 0.29) is 12.8 Å². The van der Waals surface area contributed by atoms with Crippen molar-refractivity contribution in [3.63, 3.8) is 0 Å². The van der Waals surface area contributed by atoms with Crippen molar-refractivity contribution >= 4 is 0 Å². The van der Waals surface area contributed by atoms with Crippen LogP contribution in [0.4, 0.5) is 8.78 Å². The Labute approximate surface area is 88.9 Å². The molecule has 2 rings (SSSR count). The first-order chi connectivity index (χ1) is 7.08. The Hall–Kier alpha value is -0.690. The first kappa shape index (κ1) is 10.8. The second kappa shape index (κ2) is 3.71. The van der Waals surface area contributed by atoms with E-state index in [1.807, 2.05) is 4.90 Å². The number of hydrogen-bond donors (Lipinski definition) is 0. The van der Waals surface area contributed by atoms with Crippen molar-refractivity contribution in [2.45, 2.75) is 50.0 Å². The van der Waals surface area contributed by atoms with E-state index >= 15 is 0 Å². The van der Waals surface area contributed by atoms with Crippen LogP contribution in [0.3, 0.4) is 0 Å². The maximum atomic E-state index is 13.0. The Bertz CT molecular complexity index is 267. The molecule has 2 fully saturated rings. The van der Waals surface area contributed by atoms with Crippen LogP contribution in [-0.4, -0.2) is 29.5 Å². The number of rotatable bonds is 1. The maximum Gasteiger partial charge on any atom is 0.250 e. The minimum atomic E-state index is -2.51. The number of nitriles is 1. The molecule has 1 aliphatic carbocycles. The molecule has 0 radical (unpaired) electrons. The Morgan fingerprint density at radius 2 is 1.53 bits per heavy atom. The van der Waals surface area contributed by atoms with Gasteiger partial charge in [0.2, 0.25) is 0 Å². The molecule has 0 unspecified atom stereocenters. The van der Waals surface area contributed by atoms with Gasteiger partial charge in [0.15, 0.2) is 0 Å². The number of nitrogens with zero attached hydrogens (tertiary/aromatic N) is 2. The van der Waals surface area contributed by atoms with Gasteiger partial charge in [0.1, 0.15) is 5.54 Å². The highest BCUT2D eigenvalue weighted by Crippen LogP contribution is 2.39. The predicted molar refractivity (Wildman–Crippen MR) is 52.6 cm³/mol. The molecule has 1 aliphatic heterocycles. The molecule has 15 heavy (non-hydrogen) atoms. The second-order valence-electron chi connectivity index (χ2n) is 4.69. The van der Waals surface area contributed by atoms with Crippen LogP contribution in [-0.2, 0) is 0 Å². The van der Waals surface area contributed by atoms with E-state index in [0.717, 1.165) is 25.7 Å². The molecule has 0 atom stereocenters. The van der Waals surface area contributed by atoms with Crippen LogP contribution in [0.15, 0.2) is 0 Å². The smallest absolute Gasteiger partial charge is 0.250 e. The van der Waals surface area contributed by atoms with Crippen molar-refractivity contribution in [2.75, 3.05) is 13.1 Å². The van der Waals surface area contributed by atoms with Gasteiger partial charge in [0.05, 0.1) is 6.07 Å². The summed E-state index contributed by atoms with van der Waals surface area (Å²) in [4.78, 5) is 1.98. The summed E-state index contributed by atoms with van der Waals surface area (Å²) in [5, 5.41) is 9.22. The Morgan fingerprint density at radius 3 is 2.00 bits per heavy atom. The summed E-state index contributed by atoms with van der Waals surface area (Å²) < 4.78 is 26.0. The van der Waals surface area contributed by atoms with Gasteiger partial charge >= 0.3 is 0 Å². The molecule has 0 aromatic carbocycles. The van der Waals surface area contributed by atoms with Crippen molar-refractivity contribution in [1.82, 2.24) is 4.90 Å². The van der Waals surface area contributed by atoms with Crippen LogP contribution in [0.2, 0.25) is 0 Å². The molecule has 0 aromatic rings. The van der Waals surface area contributed by atoms with Crippen LogP contribution >= 0.6 is 0 Å². The van der Waals surface area contributed by atoms with Crippen LogP contribution < -0.4 is 0 Å². The maximum absolute atomic E-state index is 13.0. The first-order valence-corrected chi connectivity index (χ1v) is 5.62. The van der Waals surface area contributed by atoms with Gasteiger partial charge < -0.3 is 0 Å². The zero-order valence-electron chi connectivity index (χ0n) is 8.81. The van der Waals surface area contributed by atoms with Gasteiger partial charge in [-0.25, -0.2) is 8.78 Å². The summed E-state index contributed by atoms with van der Waals surface area (Å²) >= 11 is 0. The van der Waals surface area contributed by atoms with Gasteiger partial charge in [-0.15, -0.1) is 0 Å². The fourth-order valence-corrected chi connectivity index (χ4v) is 2.72. The lowest BCUT2D eigenvalue weighted by molar-refractivity contribution is -0.0702. The van der Waals surface area contributed by atoms with Crippen molar-refractivity contribution in [3.8, 4) is 6.07 Å². The summed E-state index contributed by atoms with van der Waals surface area (Å²) in [6.45, 7) is 0.751. The second-order valence-corrected chi connectivity index (χ2v) is 4.69. The molecule has 4 heteroatoms. The first-order valence-electron chi connectivity index (χ1n) is 5.62. The van der Waals surface area contributed by atoms with Gasteiger partial charge in [0, 0.05) is 25.9 Å². The third kappa shape index (κ3) is 1.98. The van der Waals surface area contributed by atoms with E-state index in [9.17, 15) is 14.0 Å². The van der Waals surface area contributed by atoms with Crippen LogP contribution in [0.5, 0.6) is 0 Å². The van der Waals surface area contributed by atoms with E-state index in [1.54, 1.807) is 0 Å². The number of piperidine rings is 1. The topological polar surface area (TPSA) is 27.0 Å². The van der Waals surface area contributed by atoms with Crippen molar-refractivity contribution in [3.05, 3.63) is 0 Å². The van der Waals surface area contributed by atoms with Gasteiger partial charge in [-0.3, -0.25) is 4.90 Å². The summed E-state index contributed by atoms with van der Waals surface area (Å²) in [5.41, 5.74) is -0.420. The predicted octanol–water partition coefficient (Wildman–Crippen LogP) is 2.55. The summed E-state index contributed by atoms with van der Waals surface area (Å²) in [6, 6.07) is 2.36. The summed E-state index contributed by atoms with van der Waals surface area (Å²) in [7, 11) is 0. The van der Waals surface area contributed by atoms with Gasteiger partial charge in [-0.1, -0.05) is 12.8 Å². The number of likely N-dealkylation sites (tertiary alicyclic amines) is 1. The molecule has 1 heterocycles. The minimum absolute atomic E-state index is 0.0869. The van der Waals surface area contributed by atoms with Crippen molar-refractivity contribution in [1.29, 1.82) is 5.26 Å². The molecule has 0 spiro atoms. The lowest BCUT2D eigenvalue weighted by atomic mass is 9.93. The molecule has 0 bridgehead atoms. The Kier molecular flexibility index (Phi) is 2.68. The average Bonchev–Trinajstić information content (AvgIpc) is 2.67. The lowest BCUT2D eigenvalue weighted by Gasteiger charge is -2.40. The van der Waals surface area contributed by atoms with E-state index in [4.69, 9.17) is 0 Å². The molecular weight excluding hydrogens is 198 g/mol. The standard InChI is InChI=1S/C11H16F2N2/c12-11(13)5-7-15(8-6-11)10(9-14)3-1-2-4-10/h1-8H2. The molecule has 1 saturated carbocycles. The molecule has 0 amide bonds. The van der Waals surface area contributed by atoms with Gasteiger partial charge in [-0.2, -0.15) is 5.26 Å². The molecule has 2 nitrogen and oxygen atoms in total.